The maximum absolute atomic E-state index is 5.90. The maximum atomic E-state index is 5.90. The highest BCUT2D eigenvalue weighted by Crippen LogP contribution is 2.27. The van der Waals surface area contributed by atoms with E-state index in [1.165, 1.54) is 0 Å². The zero-order valence-electron chi connectivity index (χ0n) is 13.7. The third-order valence-electron chi connectivity index (χ3n) is 3.71. The molecular formula is C20H22N2O2. The Bertz CT molecular complexity index is 712. The summed E-state index contributed by atoms with van der Waals surface area (Å²) in [6.07, 6.45) is 7.67. The van der Waals surface area contributed by atoms with Gasteiger partial charge in [-0.05, 0) is 30.5 Å². The van der Waals surface area contributed by atoms with E-state index in [1.807, 2.05) is 55.0 Å². The molecule has 124 valence electrons. The molecule has 4 heteroatoms. The molecule has 0 N–H and O–H groups in total. The van der Waals surface area contributed by atoms with Gasteiger partial charge < -0.3 is 14.0 Å². The number of rotatable bonds is 9. The number of hydrogen-bond donors (Lipinski definition) is 0. The zero-order chi connectivity index (χ0) is 16.5. The summed E-state index contributed by atoms with van der Waals surface area (Å²) in [5.74, 6) is 1.59. The van der Waals surface area contributed by atoms with Crippen LogP contribution in [0, 0.1) is 0 Å². The van der Waals surface area contributed by atoms with E-state index in [0.717, 1.165) is 36.4 Å². The number of aromatic nitrogens is 2. The van der Waals surface area contributed by atoms with Gasteiger partial charge in [-0.15, -0.1) is 0 Å². The van der Waals surface area contributed by atoms with Crippen LogP contribution in [0.3, 0.4) is 0 Å². The van der Waals surface area contributed by atoms with Crippen molar-refractivity contribution in [3.05, 3.63) is 78.9 Å². The Labute approximate surface area is 142 Å². The molecule has 1 heterocycles. The zero-order valence-corrected chi connectivity index (χ0v) is 13.7. The van der Waals surface area contributed by atoms with Crippen LogP contribution in [0.2, 0.25) is 0 Å². The first-order valence-electron chi connectivity index (χ1n) is 8.26. The molecule has 0 atom stereocenters. The Hall–Kier alpha value is -2.75. The van der Waals surface area contributed by atoms with Gasteiger partial charge in [-0.3, -0.25) is 0 Å². The lowest BCUT2D eigenvalue weighted by molar-refractivity contribution is 0.257. The number of aryl methyl sites for hydroxylation is 1. The van der Waals surface area contributed by atoms with E-state index >= 15 is 0 Å². The molecule has 1 aromatic heterocycles. The molecule has 0 bridgehead atoms. The number of imidazole rings is 1. The van der Waals surface area contributed by atoms with Gasteiger partial charge in [0.2, 0.25) is 0 Å². The lowest BCUT2D eigenvalue weighted by Crippen LogP contribution is -2.03. The van der Waals surface area contributed by atoms with E-state index in [-0.39, 0.29) is 0 Å². The van der Waals surface area contributed by atoms with Crippen LogP contribution in [0.5, 0.6) is 11.5 Å². The fraction of sp³-hybridized carbons (Fsp3) is 0.250. The minimum atomic E-state index is 0.543. The van der Waals surface area contributed by atoms with Gasteiger partial charge in [0.1, 0.15) is 6.61 Å². The quantitative estimate of drug-likeness (QED) is 0.550. The Balaban J connectivity index is 1.45. The largest absolute Gasteiger partial charge is 0.490 e. The molecule has 0 saturated carbocycles. The summed E-state index contributed by atoms with van der Waals surface area (Å²) < 4.78 is 13.9. The number of hydrogen-bond acceptors (Lipinski definition) is 3. The predicted molar refractivity (Wildman–Crippen MR) is 94.2 cm³/mol. The number of benzene rings is 2. The second kappa shape index (κ2) is 8.77. The van der Waals surface area contributed by atoms with Crippen molar-refractivity contribution >= 4 is 0 Å². The summed E-state index contributed by atoms with van der Waals surface area (Å²) in [5.41, 5.74) is 1.15. The molecule has 0 spiro atoms. The van der Waals surface area contributed by atoms with Crippen molar-refractivity contribution in [2.24, 2.45) is 0 Å². The van der Waals surface area contributed by atoms with Gasteiger partial charge in [0.25, 0.3) is 0 Å². The first kappa shape index (κ1) is 16.1. The van der Waals surface area contributed by atoms with Crippen molar-refractivity contribution in [2.75, 3.05) is 6.61 Å². The smallest absolute Gasteiger partial charge is 0.161 e. The first-order chi connectivity index (χ1) is 11.9. The first-order valence-corrected chi connectivity index (χ1v) is 8.26. The topological polar surface area (TPSA) is 36.3 Å². The number of para-hydroxylation sites is 2. The lowest BCUT2D eigenvalue weighted by Gasteiger charge is -2.12. The third-order valence-corrected chi connectivity index (χ3v) is 3.71. The van der Waals surface area contributed by atoms with Gasteiger partial charge in [0.05, 0.1) is 12.9 Å². The molecule has 0 amide bonds. The standard InChI is InChI=1S/C20H22N2O2/c1-2-8-18(9-3-1)16-24-20-11-5-4-10-19(20)23-15-7-6-13-22-14-12-21-17-22/h1-5,8-12,14,17H,6-7,13,15-16H2. The Morgan fingerprint density at radius 2 is 1.58 bits per heavy atom. The van der Waals surface area contributed by atoms with Crippen molar-refractivity contribution in [1.29, 1.82) is 0 Å². The molecule has 0 saturated heterocycles. The SMILES string of the molecule is c1ccc(COc2ccccc2OCCCCn2ccnc2)cc1. The molecular weight excluding hydrogens is 300 g/mol. The highest BCUT2D eigenvalue weighted by Gasteiger charge is 2.04. The normalized spacial score (nSPS) is 10.5. The van der Waals surface area contributed by atoms with Crippen molar-refractivity contribution in [2.45, 2.75) is 26.0 Å². The summed E-state index contributed by atoms with van der Waals surface area (Å²) in [6.45, 7) is 2.19. The fourth-order valence-corrected chi connectivity index (χ4v) is 2.42. The van der Waals surface area contributed by atoms with E-state index < -0.39 is 0 Å². The predicted octanol–water partition coefficient (Wildman–Crippen LogP) is 4.32. The Morgan fingerprint density at radius 3 is 2.33 bits per heavy atom. The van der Waals surface area contributed by atoms with Crippen LogP contribution < -0.4 is 9.47 Å². The molecule has 3 aromatic rings. The molecule has 0 fully saturated rings. The lowest BCUT2D eigenvalue weighted by atomic mass is 10.2. The van der Waals surface area contributed by atoms with E-state index in [4.69, 9.17) is 9.47 Å². The second-order valence-corrected chi connectivity index (χ2v) is 5.58. The van der Waals surface area contributed by atoms with Gasteiger partial charge >= 0.3 is 0 Å². The molecule has 2 aromatic carbocycles. The second-order valence-electron chi connectivity index (χ2n) is 5.58. The van der Waals surface area contributed by atoms with Crippen molar-refractivity contribution in [3.63, 3.8) is 0 Å². The molecule has 0 aliphatic carbocycles. The highest BCUT2D eigenvalue weighted by atomic mass is 16.5. The fourth-order valence-electron chi connectivity index (χ4n) is 2.42. The van der Waals surface area contributed by atoms with Gasteiger partial charge in [0, 0.05) is 18.9 Å². The number of nitrogens with zero attached hydrogens (tertiary/aromatic N) is 2. The van der Waals surface area contributed by atoms with E-state index in [1.54, 1.807) is 6.20 Å². The van der Waals surface area contributed by atoms with E-state index in [9.17, 15) is 0 Å². The van der Waals surface area contributed by atoms with Gasteiger partial charge in [-0.2, -0.15) is 0 Å². The van der Waals surface area contributed by atoms with Gasteiger partial charge in [-0.1, -0.05) is 42.5 Å². The average molecular weight is 322 g/mol. The Kier molecular flexibility index (Phi) is 5.89. The van der Waals surface area contributed by atoms with Gasteiger partial charge in [-0.25, -0.2) is 4.98 Å². The molecule has 0 aliphatic rings. The van der Waals surface area contributed by atoms with E-state index in [0.29, 0.717) is 13.2 Å². The summed E-state index contributed by atoms with van der Waals surface area (Å²) >= 11 is 0. The highest BCUT2D eigenvalue weighted by molar-refractivity contribution is 5.39. The maximum Gasteiger partial charge on any atom is 0.161 e. The number of ether oxygens (including phenoxy) is 2. The van der Waals surface area contributed by atoms with Crippen LogP contribution in [0.25, 0.3) is 0 Å². The van der Waals surface area contributed by atoms with Crippen LogP contribution in [-0.2, 0) is 13.2 Å². The minimum absolute atomic E-state index is 0.543. The molecule has 0 radical (unpaired) electrons. The van der Waals surface area contributed by atoms with Crippen LogP contribution in [0.4, 0.5) is 0 Å². The van der Waals surface area contributed by atoms with Gasteiger partial charge in [0.15, 0.2) is 11.5 Å². The molecule has 24 heavy (non-hydrogen) atoms. The number of unbranched alkanes of at least 4 members (excludes halogenated alkanes) is 1. The van der Waals surface area contributed by atoms with Crippen LogP contribution in [0.15, 0.2) is 73.3 Å². The van der Waals surface area contributed by atoms with Crippen LogP contribution in [0.1, 0.15) is 18.4 Å². The van der Waals surface area contributed by atoms with Crippen molar-refractivity contribution in [1.82, 2.24) is 9.55 Å². The van der Waals surface area contributed by atoms with Crippen molar-refractivity contribution < 1.29 is 9.47 Å². The summed E-state index contributed by atoms with van der Waals surface area (Å²) in [4.78, 5) is 4.04. The molecule has 3 rings (SSSR count). The Morgan fingerprint density at radius 1 is 0.833 bits per heavy atom. The summed E-state index contributed by atoms with van der Waals surface area (Å²) in [6, 6.07) is 18.0. The van der Waals surface area contributed by atoms with Crippen molar-refractivity contribution in [3.8, 4) is 11.5 Å². The minimum Gasteiger partial charge on any atom is -0.490 e. The average Bonchev–Trinajstić information content (AvgIpc) is 3.15. The molecule has 0 unspecified atom stereocenters. The van der Waals surface area contributed by atoms with E-state index in [2.05, 4.69) is 21.7 Å². The molecule has 4 nitrogen and oxygen atoms in total. The van der Waals surface area contributed by atoms with Crippen LogP contribution in [-0.4, -0.2) is 16.2 Å². The monoisotopic (exact) mass is 322 g/mol. The van der Waals surface area contributed by atoms with Crippen LogP contribution >= 0.6 is 0 Å². The summed E-state index contributed by atoms with van der Waals surface area (Å²) in [5, 5.41) is 0. The summed E-state index contributed by atoms with van der Waals surface area (Å²) in [7, 11) is 0. The third kappa shape index (κ3) is 4.88. The molecule has 0 aliphatic heterocycles.